The molecule has 4 bridgehead atoms. The number of nitrogen functional groups attached to an aromatic ring is 1. The van der Waals surface area contributed by atoms with Crippen LogP contribution < -0.4 is 15.5 Å². The number of hydrogen-bond donors (Lipinski definition) is 2. The van der Waals surface area contributed by atoms with Crippen molar-refractivity contribution in [3.63, 3.8) is 0 Å². The molecule has 7 rings (SSSR count). The van der Waals surface area contributed by atoms with Crippen LogP contribution in [0.3, 0.4) is 0 Å². The maximum atomic E-state index is 13.4. The SMILES string of the molecule is Nc1ncc(-c2cc(N3C[C@@H]4C[C@H]3CN4C(=O)O)nc(N3CC4CC3C4)n2)cc1C(F)(F)F. The second kappa shape index (κ2) is 6.84. The Morgan fingerprint density at radius 3 is 2.42 bits per heavy atom. The maximum Gasteiger partial charge on any atom is 0.419 e. The molecule has 2 aromatic heterocycles. The fourth-order valence-electron chi connectivity index (χ4n) is 5.65. The third-order valence-corrected chi connectivity index (χ3v) is 7.36. The lowest BCUT2D eigenvalue weighted by Gasteiger charge is -2.34. The minimum Gasteiger partial charge on any atom is -0.465 e. The van der Waals surface area contributed by atoms with Gasteiger partial charge in [-0.2, -0.15) is 18.2 Å². The Balaban J connectivity index is 1.40. The lowest BCUT2D eigenvalue weighted by Crippen LogP contribution is -2.48. The van der Waals surface area contributed by atoms with E-state index in [1.165, 1.54) is 11.1 Å². The number of aromatic nitrogens is 3. The number of carbonyl (C=O) groups is 1. The number of halogens is 3. The van der Waals surface area contributed by atoms with Crippen molar-refractivity contribution in [2.45, 2.75) is 43.6 Å². The predicted octanol–water partition coefficient (Wildman–Crippen LogP) is 2.68. The highest BCUT2D eigenvalue weighted by Gasteiger charge is 2.47. The van der Waals surface area contributed by atoms with Crippen LogP contribution in [0.4, 0.5) is 35.5 Å². The van der Waals surface area contributed by atoms with Crippen LogP contribution >= 0.6 is 0 Å². The third-order valence-electron chi connectivity index (χ3n) is 7.36. The first-order chi connectivity index (χ1) is 15.7. The molecule has 2 aromatic rings. The van der Waals surface area contributed by atoms with E-state index in [-0.39, 0.29) is 17.6 Å². The quantitative estimate of drug-likeness (QED) is 0.718. The molecule has 5 aliphatic rings. The molecule has 5 fully saturated rings. The smallest absolute Gasteiger partial charge is 0.419 e. The molecule has 4 aliphatic heterocycles. The molecular weight excluding hydrogens is 439 g/mol. The summed E-state index contributed by atoms with van der Waals surface area (Å²) in [6, 6.07) is 2.85. The standard InChI is InChI=1S/C21H22F3N7O2/c22-21(23,24)15-3-11(6-26-18(15)25)16-5-17(28-19(27-16)30-7-10-1-12(30)2-10)29-8-14-4-13(29)9-31(14)20(32)33/h3,5-6,10,12-14H,1-2,4,7-9H2,(H2,25,26)(H,32,33)/t10?,12?,13-,14-/m0/s1. The summed E-state index contributed by atoms with van der Waals surface area (Å²) in [6.07, 6.45) is -1.41. The van der Waals surface area contributed by atoms with E-state index in [2.05, 4.69) is 19.8 Å². The zero-order chi connectivity index (χ0) is 23.1. The Hall–Kier alpha value is -3.31. The molecule has 0 spiro atoms. The molecule has 1 aliphatic carbocycles. The van der Waals surface area contributed by atoms with Crippen LogP contribution in [0.5, 0.6) is 0 Å². The highest BCUT2D eigenvalue weighted by molar-refractivity contribution is 5.70. The fraction of sp³-hybridized carbons (Fsp3) is 0.524. The Morgan fingerprint density at radius 2 is 1.82 bits per heavy atom. The second-order valence-electron chi connectivity index (χ2n) is 9.34. The van der Waals surface area contributed by atoms with E-state index in [4.69, 9.17) is 10.7 Å². The van der Waals surface area contributed by atoms with Crippen molar-refractivity contribution in [3.05, 3.63) is 23.9 Å². The van der Waals surface area contributed by atoms with E-state index in [9.17, 15) is 23.1 Å². The Labute approximate surface area is 187 Å². The maximum absolute atomic E-state index is 13.4. The Kier molecular flexibility index (Phi) is 4.21. The van der Waals surface area contributed by atoms with Crippen LogP contribution in [0.1, 0.15) is 24.8 Å². The number of nitrogens with two attached hydrogens (primary N) is 1. The minimum absolute atomic E-state index is 0.0239. The summed E-state index contributed by atoms with van der Waals surface area (Å²) in [7, 11) is 0. The molecule has 1 amide bonds. The number of hydrogen-bond acceptors (Lipinski definition) is 7. The van der Waals surface area contributed by atoms with Gasteiger partial charge >= 0.3 is 12.3 Å². The molecule has 3 N–H and O–H groups in total. The Bertz CT molecular complexity index is 1140. The number of anilines is 3. The van der Waals surface area contributed by atoms with Crippen molar-refractivity contribution in [3.8, 4) is 11.3 Å². The van der Waals surface area contributed by atoms with E-state index in [0.717, 1.165) is 25.5 Å². The normalized spacial score (nSPS) is 27.9. The van der Waals surface area contributed by atoms with E-state index in [1.807, 2.05) is 0 Å². The van der Waals surface area contributed by atoms with Gasteiger partial charge in [0.25, 0.3) is 0 Å². The highest BCUT2D eigenvalue weighted by Crippen LogP contribution is 2.44. The van der Waals surface area contributed by atoms with Crippen molar-refractivity contribution in [2.75, 3.05) is 35.2 Å². The van der Waals surface area contributed by atoms with Crippen LogP contribution in [0.25, 0.3) is 11.3 Å². The lowest BCUT2D eigenvalue weighted by molar-refractivity contribution is -0.137. The number of rotatable bonds is 3. The van der Waals surface area contributed by atoms with Gasteiger partial charge in [0, 0.05) is 43.5 Å². The predicted molar refractivity (Wildman–Crippen MR) is 113 cm³/mol. The molecule has 33 heavy (non-hydrogen) atoms. The van der Waals surface area contributed by atoms with Crippen molar-refractivity contribution in [1.29, 1.82) is 0 Å². The summed E-state index contributed by atoms with van der Waals surface area (Å²) in [6.45, 7) is 1.71. The molecular formula is C21H22F3N7O2. The fourth-order valence-corrected chi connectivity index (χ4v) is 5.65. The number of pyridine rings is 1. The van der Waals surface area contributed by atoms with Gasteiger partial charge in [-0.25, -0.2) is 14.8 Å². The summed E-state index contributed by atoms with van der Waals surface area (Å²) >= 11 is 0. The summed E-state index contributed by atoms with van der Waals surface area (Å²) in [5.74, 6) is 1.12. The summed E-state index contributed by atoms with van der Waals surface area (Å²) in [5.41, 5.74) is 5.04. The average molecular weight is 461 g/mol. The number of carboxylic acid groups (broad SMARTS) is 1. The van der Waals surface area contributed by atoms with E-state index < -0.39 is 23.7 Å². The molecule has 2 atom stereocenters. The van der Waals surface area contributed by atoms with Gasteiger partial charge in [0.15, 0.2) is 0 Å². The zero-order valence-corrected chi connectivity index (χ0v) is 17.5. The van der Waals surface area contributed by atoms with Crippen LogP contribution in [0.15, 0.2) is 18.3 Å². The first kappa shape index (κ1) is 20.3. The monoisotopic (exact) mass is 461 g/mol. The number of likely N-dealkylation sites (tertiary alicyclic amines) is 1. The molecule has 0 radical (unpaired) electrons. The number of fused-ring (bicyclic) bond motifs is 3. The van der Waals surface area contributed by atoms with Crippen molar-refractivity contribution < 1.29 is 23.1 Å². The van der Waals surface area contributed by atoms with Gasteiger partial charge in [0.1, 0.15) is 11.6 Å². The van der Waals surface area contributed by atoms with Crippen molar-refractivity contribution in [1.82, 2.24) is 19.9 Å². The molecule has 12 heteroatoms. The van der Waals surface area contributed by atoms with Gasteiger partial charge in [-0.15, -0.1) is 0 Å². The summed E-state index contributed by atoms with van der Waals surface area (Å²) in [5, 5.41) is 9.39. The first-order valence-electron chi connectivity index (χ1n) is 10.9. The minimum atomic E-state index is -4.63. The molecule has 9 nitrogen and oxygen atoms in total. The highest BCUT2D eigenvalue weighted by atomic mass is 19.4. The van der Waals surface area contributed by atoms with Crippen LogP contribution in [0.2, 0.25) is 0 Å². The second-order valence-corrected chi connectivity index (χ2v) is 9.34. The molecule has 174 valence electrons. The van der Waals surface area contributed by atoms with Gasteiger partial charge in [-0.05, 0) is 31.2 Å². The van der Waals surface area contributed by atoms with Crippen LogP contribution in [-0.2, 0) is 6.18 Å². The first-order valence-corrected chi connectivity index (χ1v) is 10.9. The molecule has 0 unspecified atom stereocenters. The van der Waals surface area contributed by atoms with Crippen molar-refractivity contribution >= 4 is 23.7 Å². The van der Waals surface area contributed by atoms with Crippen molar-refractivity contribution in [2.24, 2.45) is 5.92 Å². The van der Waals surface area contributed by atoms with Crippen LogP contribution in [-0.4, -0.2) is 68.8 Å². The number of nitrogens with zero attached hydrogens (tertiary/aromatic N) is 6. The van der Waals surface area contributed by atoms with E-state index >= 15 is 0 Å². The van der Waals surface area contributed by atoms with Gasteiger partial charge in [0.2, 0.25) is 5.95 Å². The lowest BCUT2D eigenvalue weighted by atomic mass is 9.86. The van der Waals surface area contributed by atoms with Gasteiger partial charge in [0.05, 0.1) is 23.3 Å². The molecule has 4 saturated heterocycles. The average Bonchev–Trinajstić information content (AvgIpc) is 3.51. The third kappa shape index (κ3) is 3.22. The van der Waals surface area contributed by atoms with E-state index in [0.29, 0.717) is 48.9 Å². The van der Waals surface area contributed by atoms with Gasteiger partial charge in [-0.3, -0.25) is 0 Å². The van der Waals surface area contributed by atoms with Gasteiger partial charge < -0.3 is 25.5 Å². The summed E-state index contributed by atoms with van der Waals surface area (Å²) < 4.78 is 40.3. The Morgan fingerprint density at radius 1 is 1.03 bits per heavy atom. The van der Waals surface area contributed by atoms with Crippen LogP contribution in [0, 0.1) is 5.92 Å². The largest absolute Gasteiger partial charge is 0.465 e. The number of alkyl halides is 3. The summed E-state index contributed by atoms with van der Waals surface area (Å²) in [4.78, 5) is 30.3. The molecule has 0 aromatic carbocycles. The topological polar surface area (TPSA) is 112 Å². The number of piperazine rings is 1. The molecule has 1 saturated carbocycles. The number of amides is 1. The molecule has 6 heterocycles. The zero-order valence-electron chi connectivity index (χ0n) is 17.5. The van der Waals surface area contributed by atoms with E-state index in [1.54, 1.807) is 6.07 Å². The van der Waals surface area contributed by atoms with Gasteiger partial charge in [-0.1, -0.05) is 0 Å².